The Hall–Kier alpha value is -3.48. The zero-order valence-corrected chi connectivity index (χ0v) is 11.8. The maximum Gasteiger partial charge on any atom is 0.346 e. The molecular weight excluding hydrogens is 298 g/mol. The molecule has 3 aromatic rings. The molecule has 0 saturated carbocycles. The van der Waals surface area contributed by atoms with Gasteiger partial charge in [0, 0.05) is 6.20 Å². The molecule has 2 aromatic carbocycles. The van der Waals surface area contributed by atoms with Crippen molar-refractivity contribution < 1.29 is 14.5 Å². The van der Waals surface area contributed by atoms with Crippen LogP contribution < -0.4 is 4.74 Å². The summed E-state index contributed by atoms with van der Waals surface area (Å²) >= 11 is 0. The van der Waals surface area contributed by atoms with E-state index in [2.05, 4.69) is 10.2 Å². The van der Waals surface area contributed by atoms with Gasteiger partial charge in [-0.2, -0.15) is 5.10 Å². The molecule has 1 N–H and O–H groups in total. The molecule has 0 bridgehead atoms. The van der Waals surface area contributed by atoms with E-state index in [0.29, 0.717) is 11.1 Å². The third kappa shape index (κ3) is 3.08. The normalized spacial score (nSPS) is 10.3. The zero-order chi connectivity index (χ0) is 16.2. The summed E-state index contributed by atoms with van der Waals surface area (Å²) in [5, 5.41) is 17.5. The topological polar surface area (TPSA) is 98.1 Å². The predicted octanol–water partition coefficient (Wildman–Crippen LogP) is 3.20. The van der Waals surface area contributed by atoms with Crippen molar-refractivity contribution in [2.24, 2.45) is 0 Å². The van der Waals surface area contributed by atoms with Crippen LogP contribution in [0.1, 0.15) is 10.4 Å². The first kappa shape index (κ1) is 14.5. The van der Waals surface area contributed by atoms with E-state index >= 15 is 0 Å². The molecule has 0 saturated heterocycles. The highest BCUT2D eigenvalue weighted by atomic mass is 16.6. The summed E-state index contributed by atoms with van der Waals surface area (Å²) in [7, 11) is 0. The molecule has 3 rings (SSSR count). The summed E-state index contributed by atoms with van der Waals surface area (Å²) in [6.07, 6.45) is 2.70. The number of esters is 1. The number of aromatic nitrogens is 2. The third-order valence-corrected chi connectivity index (χ3v) is 3.20. The summed E-state index contributed by atoms with van der Waals surface area (Å²) in [4.78, 5) is 22.7. The fraction of sp³-hybridized carbons (Fsp3) is 0. The van der Waals surface area contributed by atoms with Crippen molar-refractivity contribution in [3.05, 3.63) is 76.6 Å². The molecule has 1 heterocycles. The highest BCUT2D eigenvalue weighted by molar-refractivity contribution is 5.90. The Morgan fingerprint density at radius 3 is 2.61 bits per heavy atom. The summed E-state index contributed by atoms with van der Waals surface area (Å²) in [5.41, 5.74) is 1.28. The van der Waals surface area contributed by atoms with Crippen LogP contribution in [0.4, 0.5) is 5.69 Å². The second kappa shape index (κ2) is 6.10. The Bertz CT molecular complexity index is 845. The van der Waals surface area contributed by atoms with Crippen LogP contribution in [0.5, 0.6) is 5.75 Å². The van der Waals surface area contributed by atoms with E-state index in [-0.39, 0.29) is 17.0 Å². The lowest BCUT2D eigenvalue weighted by Gasteiger charge is -2.06. The van der Waals surface area contributed by atoms with E-state index in [9.17, 15) is 14.9 Å². The summed E-state index contributed by atoms with van der Waals surface area (Å²) in [6.45, 7) is 0. The summed E-state index contributed by atoms with van der Waals surface area (Å²) in [6, 6.07) is 13.3. The maximum absolute atomic E-state index is 11.9. The Balaban J connectivity index is 1.94. The number of ether oxygens (including phenoxy) is 1. The minimum Gasteiger partial charge on any atom is -0.423 e. The summed E-state index contributed by atoms with van der Waals surface area (Å²) in [5.74, 6) is -0.539. The Morgan fingerprint density at radius 1 is 1.17 bits per heavy atom. The minimum atomic E-state index is -0.638. The largest absolute Gasteiger partial charge is 0.423 e. The molecule has 0 aliphatic carbocycles. The lowest BCUT2D eigenvalue weighted by Crippen LogP contribution is -2.07. The number of H-pyrrole nitrogens is 1. The molecular formula is C16H11N3O4. The van der Waals surface area contributed by atoms with Crippen molar-refractivity contribution >= 4 is 11.7 Å². The van der Waals surface area contributed by atoms with E-state index < -0.39 is 10.9 Å². The molecule has 0 aliphatic heterocycles. The maximum atomic E-state index is 11.9. The van der Waals surface area contributed by atoms with Crippen molar-refractivity contribution in [2.75, 3.05) is 0 Å². The highest BCUT2D eigenvalue weighted by Gasteiger charge is 2.18. The molecule has 0 amide bonds. The van der Waals surface area contributed by atoms with Gasteiger partial charge in [-0.25, -0.2) is 4.79 Å². The van der Waals surface area contributed by atoms with E-state index in [1.807, 2.05) is 6.07 Å². The minimum absolute atomic E-state index is 0.0996. The zero-order valence-electron chi connectivity index (χ0n) is 11.8. The number of nitro groups is 1. The van der Waals surface area contributed by atoms with E-state index in [4.69, 9.17) is 4.74 Å². The number of nitrogens with one attached hydrogen (secondary N) is 1. The number of benzene rings is 2. The third-order valence-electron chi connectivity index (χ3n) is 3.20. The first-order valence-electron chi connectivity index (χ1n) is 6.70. The van der Waals surface area contributed by atoms with E-state index in [0.717, 1.165) is 0 Å². The second-order valence-corrected chi connectivity index (χ2v) is 4.68. The van der Waals surface area contributed by atoms with Crippen LogP contribution in [-0.4, -0.2) is 21.1 Å². The lowest BCUT2D eigenvalue weighted by atomic mass is 10.0. The molecule has 0 aliphatic rings. The number of nitrogens with zero attached hydrogens (tertiary/aromatic N) is 2. The molecule has 0 radical (unpaired) electrons. The van der Waals surface area contributed by atoms with Gasteiger partial charge in [0.05, 0.1) is 28.3 Å². The van der Waals surface area contributed by atoms with Crippen LogP contribution in [0.2, 0.25) is 0 Å². The first-order valence-corrected chi connectivity index (χ1v) is 6.70. The fourth-order valence-corrected chi connectivity index (χ4v) is 2.12. The van der Waals surface area contributed by atoms with Gasteiger partial charge in [-0.15, -0.1) is 0 Å². The smallest absolute Gasteiger partial charge is 0.346 e. The molecule has 114 valence electrons. The van der Waals surface area contributed by atoms with Crippen molar-refractivity contribution in [2.45, 2.75) is 0 Å². The SMILES string of the molecule is O=C(Oc1ccc(-c2ccccc2)c([N+](=O)[O-])c1)c1cn[nH]c1. The van der Waals surface area contributed by atoms with E-state index in [1.165, 1.54) is 24.5 Å². The van der Waals surface area contributed by atoms with Gasteiger partial charge in [0.1, 0.15) is 5.75 Å². The number of rotatable bonds is 4. The van der Waals surface area contributed by atoms with Gasteiger partial charge in [0.15, 0.2) is 0 Å². The predicted molar refractivity (Wildman–Crippen MR) is 82.1 cm³/mol. The average molecular weight is 309 g/mol. The van der Waals surface area contributed by atoms with E-state index in [1.54, 1.807) is 30.3 Å². The number of aromatic amines is 1. The molecule has 0 fully saturated rings. The molecule has 7 nitrogen and oxygen atoms in total. The van der Waals surface area contributed by atoms with Gasteiger partial charge in [0.25, 0.3) is 5.69 Å². The monoisotopic (exact) mass is 309 g/mol. The van der Waals surface area contributed by atoms with Crippen molar-refractivity contribution in [1.29, 1.82) is 0 Å². The Kier molecular flexibility index (Phi) is 3.84. The molecule has 1 aromatic heterocycles. The Labute approximate surface area is 130 Å². The van der Waals surface area contributed by atoms with Gasteiger partial charge < -0.3 is 4.74 Å². The van der Waals surface area contributed by atoms with Crippen molar-refractivity contribution in [1.82, 2.24) is 10.2 Å². The average Bonchev–Trinajstić information content (AvgIpc) is 3.10. The highest BCUT2D eigenvalue weighted by Crippen LogP contribution is 2.33. The quantitative estimate of drug-likeness (QED) is 0.345. The van der Waals surface area contributed by atoms with Gasteiger partial charge in [0.2, 0.25) is 0 Å². The van der Waals surface area contributed by atoms with Gasteiger partial charge >= 0.3 is 5.97 Å². The lowest BCUT2D eigenvalue weighted by molar-refractivity contribution is -0.384. The van der Waals surface area contributed by atoms with Gasteiger partial charge in [-0.1, -0.05) is 30.3 Å². The summed E-state index contributed by atoms with van der Waals surface area (Å²) < 4.78 is 5.14. The molecule has 7 heteroatoms. The Morgan fingerprint density at radius 2 is 1.96 bits per heavy atom. The number of nitro benzene ring substituents is 1. The van der Waals surface area contributed by atoms with Gasteiger partial charge in [-0.05, 0) is 17.7 Å². The van der Waals surface area contributed by atoms with Crippen LogP contribution in [0.3, 0.4) is 0 Å². The molecule has 0 atom stereocenters. The van der Waals surface area contributed by atoms with Gasteiger partial charge in [-0.3, -0.25) is 15.2 Å². The van der Waals surface area contributed by atoms with Crippen LogP contribution in [-0.2, 0) is 0 Å². The second-order valence-electron chi connectivity index (χ2n) is 4.68. The number of hydrogen-bond acceptors (Lipinski definition) is 5. The number of carbonyl (C=O) groups excluding carboxylic acids is 1. The van der Waals surface area contributed by atoms with Crippen LogP contribution in [0.25, 0.3) is 11.1 Å². The first-order chi connectivity index (χ1) is 11.1. The molecule has 23 heavy (non-hydrogen) atoms. The fourth-order valence-electron chi connectivity index (χ4n) is 2.12. The van der Waals surface area contributed by atoms with Crippen molar-refractivity contribution in [3.8, 4) is 16.9 Å². The van der Waals surface area contributed by atoms with Crippen LogP contribution >= 0.6 is 0 Å². The van der Waals surface area contributed by atoms with Crippen LogP contribution in [0.15, 0.2) is 60.9 Å². The molecule has 0 spiro atoms. The molecule has 0 unspecified atom stereocenters. The standard InChI is InChI=1S/C16H11N3O4/c20-16(12-9-17-18-10-12)23-13-6-7-14(15(8-13)19(21)22)11-4-2-1-3-5-11/h1-10H,(H,17,18). The van der Waals surface area contributed by atoms with Crippen molar-refractivity contribution in [3.63, 3.8) is 0 Å². The number of carbonyl (C=O) groups is 1. The number of hydrogen-bond donors (Lipinski definition) is 1. The van der Waals surface area contributed by atoms with Crippen LogP contribution in [0, 0.1) is 10.1 Å².